The molecule has 3 N–H and O–H groups in total. The molecule has 0 bridgehead atoms. The van der Waals surface area contributed by atoms with Crippen molar-refractivity contribution in [2.24, 2.45) is 4.99 Å². The Labute approximate surface area is 182 Å². The third kappa shape index (κ3) is 5.55. The Hall–Kier alpha value is -3.06. The van der Waals surface area contributed by atoms with Gasteiger partial charge in [-0.05, 0) is 54.8 Å². The first-order valence-electron chi connectivity index (χ1n) is 10.9. The Morgan fingerprint density at radius 2 is 1.94 bits per heavy atom. The van der Waals surface area contributed by atoms with E-state index in [2.05, 4.69) is 51.7 Å². The van der Waals surface area contributed by atoms with E-state index >= 15 is 0 Å². The largest absolute Gasteiger partial charge is 0.378 e. The summed E-state index contributed by atoms with van der Waals surface area (Å²) >= 11 is 0. The van der Waals surface area contributed by atoms with Gasteiger partial charge >= 0.3 is 0 Å². The number of guanidine groups is 1. The van der Waals surface area contributed by atoms with Crippen molar-refractivity contribution < 1.29 is 9.13 Å². The highest BCUT2D eigenvalue weighted by Crippen LogP contribution is 2.20. The van der Waals surface area contributed by atoms with Gasteiger partial charge in [-0.2, -0.15) is 0 Å². The predicted molar refractivity (Wildman–Crippen MR) is 124 cm³/mol. The number of fused-ring (bicyclic) bond motifs is 1. The van der Waals surface area contributed by atoms with Gasteiger partial charge in [-0.1, -0.05) is 12.1 Å². The van der Waals surface area contributed by atoms with E-state index in [1.54, 1.807) is 12.1 Å². The lowest BCUT2D eigenvalue weighted by Crippen LogP contribution is -2.38. The molecule has 164 valence electrons. The summed E-state index contributed by atoms with van der Waals surface area (Å²) in [7, 11) is 0. The van der Waals surface area contributed by atoms with Crippen molar-refractivity contribution in [2.45, 2.75) is 19.9 Å². The highest BCUT2D eigenvalue weighted by Gasteiger charge is 2.10. The minimum Gasteiger partial charge on any atom is -0.378 e. The summed E-state index contributed by atoms with van der Waals surface area (Å²) < 4.78 is 19.0. The van der Waals surface area contributed by atoms with E-state index in [1.165, 1.54) is 17.3 Å². The first kappa shape index (κ1) is 21.2. The van der Waals surface area contributed by atoms with Crippen LogP contribution in [-0.4, -0.2) is 50.3 Å². The summed E-state index contributed by atoms with van der Waals surface area (Å²) in [6, 6.07) is 13.4. The quantitative estimate of drug-likeness (QED) is 0.402. The van der Waals surface area contributed by atoms with E-state index in [-0.39, 0.29) is 5.82 Å². The normalized spacial score (nSPS) is 14.8. The Kier molecular flexibility index (Phi) is 7.04. The van der Waals surface area contributed by atoms with Crippen LogP contribution in [-0.2, 0) is 17.7 Å². The van der Waals surface area contributed by atoms with Crippen LogP contribution in [0.1, 0.15) is 18.1 Å². The summed E-state index contributed by atoms with van der Waals surface area (Å²) in [5, 5.41) is 7.61. The van der Waals surface area contributed by atoms with Crippen LogP contribution >= 0.6 is 0 Å². The zero-order valence-corrected chi connectivity index (χ0v) is 18.0. The van der Waals surface area contributed by atoms with Gasteiger partial charge in [-0.15, -0.1) is 0 Å². The molecule has 4 rings (SSSR count). The number of nitrogens with one attached hydrogen (secondary N) is 3. The standard InChI is InChI=1S/C24H30FN5O/c1-2-26-24(27-10-9-19-17-28-23-8-5-20(25)15-22(19)23)29-16-18-3-6-21(7-4-18)30-11-13-31-14-12-30/h3-8,15,17,28H,2,9-14,16H2,1H3,(H2,26,27,29). The molecule has 0 spiro atoms. The summed E-state index contributed by atoms with van der Waals surface area (Å²) in [4.78, 5) is 10.3. The molecule has 0 amide bonds. The van der Waals surface area contributed by atoms with E-state index in [4.69, 9.17) is 9.73 Å². The number of halogens is 1. The molecule has 2 heterocycles. The molecular formula is C24H30FN5O. The summed E-state index contributed by atoms with van der Waals surface area (Å²) in [5.41, 5.74) is 4.45. The number of aromatic amines is 1. The van der Waals surface area contributed by atoms with E-state index in [0.29, 0.717) is 13.1 Å². The molecule has 0 aliphatic carbocycles. The fourth-order valence-electron chi connectivity index (χ4n) is 3.82. The number of nitrogens with zero attached hydrogens (tertiary/aromatic N) is 2. The van der Waals surface area contributed by atoms with Crippen LogP contribution in [0, 0.1) is 5.82 Å². The maximum atomic E-state index is 13.6. The third-order valence-electron chi connectivity index (χ3n) is 5.49. The number of ether oxygens (including phenoxy) is 1. The summed E-state index contributed by atoms with van der Waals surface area (Å²) in [6.07, 6.45) is 2.73. The van der Waals surface area contributed by atoms with E-state index in [9.17, 15) is 4.39 Å². The zero-order chi connectivity index (χ0) is 21.5. The second-order valence-corrected chi connectivity index (χ2v) is 7.64. The van der Waals surface area contributed by atoms with Gasteiger partial charge in [0.15, 0.2) is 5.96 Å². The first-order valence-corrected chi connectivity index (χ1v) is 10.9. The molecule has 0 atom stereocenters. The van der Waals surface area contributed by atoms with Crippen molar-refractivity contribution in [1.82, 2.24) is 15.6 Å². The van der Waals surface area contributed by atoms with Crippen LogP contribution in [0.5, 0.6) is 0 Å². The van der Waals surface area contributed by atoms with Crippen molar-refractivity contribution >= 4 is 22.5 Å². The smallest absolute Gasteiger partial charge is 0.191 e. The molecular weight excluding hydrogens is 393 g/mol. The summed E-state index contributed by atoms with van der Waals surface area (Å²) in [6.45, 7) is 7.62. The average Bonchev–Trinajstić information content (AvgIpc) is 3.20. The van der Waals surface area contributed by atoms with Gasteiger partial charge in [0.2, 0.25) is 0 Å². The molecule has 1 saturated heterocycles. The number of morpholine rings is 1. The van der Waals surface area contributed by atoms with Crippen molar-refractivity contribution in [3.8, 4) is 0 Å². The molecule has 0 radical (unpaired) electrons. The van der Waals surface area contributed by atoms with Gasteiger partial charge in [0.1, 0.15) is 5.82 Å². The maximum absolute atomic E-state index is 13.6. The summed E-state index contributed by atoms with van der Waals surface area (Å²) in [5.74, 6) is 0.571. The number of hydrogen-bond acceptors (Lipinski definition) is 3. The number of benzene rings is 2. The molecule has 7 heteroatoms. The van der Waals surface area contributed by atoms with Crippen molar-refractivity contribution in [3.63, 3.8) is 0 Å². The van der Waals surface area contributed by atoms with Crippen LogP contribution < -0.4 is 15.5 Å². The van der Waals surface area contributed by atoms with Crippen LogP contribution in [0.25, 0.3) is 10.9 Å². The fourth-order valence-corrected chi connectivity index (χ4v) is 3.82. The van der Waals surface area contributed by atoms with Gasteiger partial charge in [-0.3, -0.25) is 0 Å². The lowest BCUT2D eigenvalue weighted by atomic mass is 10.1. The number of H-pyrrole nitrogens is 1. The molecule has 1 fully saturated rings. The molecule has 1 aliphatic heterocycles. The zero-order valence-electron chi connectivity index (χ0n) is 18.0. The lowest BCUT2D eigenvalue weighted by Gasteiger charge is -2.28. The minimum absolute atomic E-state index is 0.212. The van der Waals surface area contributed by atoms with Crippen molar-refractivity contribution in [2.75, 3.05) is 44.3 Å². The van der Waals surface area contributed by atoms with Crippen LogP contribution in [0.2, 0.25) is 0 Å². The molecule has 1 aromatic heterocycles. The van der Waals surface area contributed by atoms with Gasteiger partial charge < -0.3 is 25.3 Å². The lowest BCUT2D eigenvalue weighted by molar-refractivity contribution is 0.122. The molecule has 0 saturated carbocycles. The number of anilines is 1. The van der Waals surface area contributed by atoms with Crippen molar-refractivity contribution in [3.05, 3.63) is 65.6 Å². The Balaban J connectivity index is 1.33. The molecule has 31 heavy (non-hydrogen) atoms. The molecule has 6 nitrogen and oxygen atoms in total. The fraction of sp³-hybridized carbons (Fsp3) is 0.375. The number of aromatic nitrogens is 1. The van der Waals surface area contributed by atoms with Crippen LogP contribution in [0.4, 0.5) is 10.1 Å². The maximum Gasteiger partial charge on any atom is 0.191 e. The Morgan fingerprint density at radius 3 is 2.71 bits per heavy atom. The van der Waals surface area contributed by atoms with Gasteiger partial charge in [0, 0.05) is 49.0 Å². The van der Waals surface area contributed by atoms with Crippen LogP contribution in [0.15, 0.2) is 53.7 Å². The number of aliphatic imine (C=N–C) groups is 1. The Morgan fingerprint density at radius 1 is 1.13 bits per heavy atom. The van der Waals surface area contributed by atoms with Gasteiger partial charge in [0.25, 0.3) is 0 Å². The van der Waals surface area contributed by atoms with Gasteiger partial charge in [0.05, 0.1) is 19.8 Å². The van der Waals surface area contributed by atoms with Crippen molar-refractivity contribution in [1.29, 1.82) is 0 Å². The van der Waals surface area contributed by atoms with Crippen LogP contribution in [0.3, 0.4) is 0 Å². The first-order chi connectivity index (χ1) is 15.2. The highest BCUT2D eigenvalue weighted by atomic mass is 19.1. The number of hydrogen-bond donors (Lipinski definition) is 3. The van der Waals surface area contributed by atoms with E-state index in [1.807, 2.05) is 6.20 Å². The Bertz CT molecular complexity index is 1010. The molecule has 2 aromatic carbocycles. The minimum atomic E-state index is -0.212. The molecule has 1 aliphatic rings. The molecule has 3 aromatic rings. The second-order valence-electron chi connectivity index (χ2n) is 7.64. The van der Waals surface area contributed by atoms with E-state index in [0.717, 1.165) is 61.7 Å². The topological polar surface area (TPSA) is 64.7 Å². The average molecular weight is 424 g/mol. The third-order valence-corrected chi connectivity index (χ3v) is 5.49. The highest BCUT2D eigenvalue weighted by molar-refractivity contribution is 5.83. The van der Waals surface area contributed by atoms with E-state index < -0.39 is 0 Å². The second kappa shape index (κ2) is 10.3. The SMILES string of the molecule is CCNC(=NCc1ccc(N2CCOCC2)cc1)NCCc1c[nH]c2ccc(F)cc12. The molecule has 0 unspecified atom stereocenters. The monoisotopic (exact) mass is 423 g/mol. The predicted octanol–water partition coefficient (Wildman–Crippen LogP) is 3.44. The number of rotatable bonds is 7. The van der Waals surface area contributed by atoms with Gasteiger partial charge in [-0.25, -0.2) is 9.38 Å².